The standard InChI is InChI=1S/C17H28N4O4S/c1-17(2,3)15-7-12(18-19-15)8-20-5-6-21(16(22)9-25-4)14-11-26(23,24)10-13(14)20/h7,13-14H,5-6,8-11H2,1-4H3,(H,18,19)/t13-,14+/m1/s1. The van der Waals surface area contributed by atoms with Crippen LogP contribution in [0, 0.1) is 0 Å². The number of piperazine rings is 1. The molecule has 2 atom stereocenters. The lowest BCUT2D eigenvalue weighted by Crippen LogP contribution is -2.60. The van der Waals surface area contributed by atoms with Gasteiger partial charge in [0.2, 0.25) is 5.91 Å². The van der Waals surface area contributed by atoms with E-state index in [1.807, 2.05) is 6.07 Å². The number of ether oxygens (including phenoxy) is 1. The molecule has 1 amide bonds. The van der Waals surface area contributed by atoms with Gasteiger partial charge in [-0.25, -0.2) is 8.42 Å². The number of amides is 1. The SMILES string of the molecule is COCC(=O)N1CCN(Cc2cc(C(C)(C)C)n[nH]2)[C@@H]2CS(=O)(=O)C[C@@H]21. The van der Waals surface area contributed by atoms with Crippen molar-refractivity contribution >= 4 is 15.7 Å². The minimum absolute atomic E-state index is 0.0151. The van der Waals surface area contributed by atoms with Crippen LogP contribution in [0.3, 0.4) is 0 Å². The fourth-order valence-electron chi connectivity index (χ4n) is 3.78. The van der Waals surface area contributed by atoms with E-state index in [-0.39, 0.29) is 41.5 Å². The van der Waals surface area contributed by atoms with Crippen LogP contribution in [0.25, 0.3) is 0 Å². The smallest absolute Gasteiger partial charge is 0.248 e. The summed E-state index contributed by atoms with van der Waals surface area (Å²) < 4.78 is 29.4. The van der Waals surface area contributed by atoms with Crippen molar-refractivity contribution in [2.75, 3.05) is 38.3 Å². The quantitative estimate of drug-likeness (QED) is 0.795. The Bertz CT molecular complexity index is 768. The van der Waals surface area contributed by atoms with Gasteiger partial charge in [-0.2, -0.15) is 5.10 Å². The van der Waals surface area contributed by atoms with Gasteiger partial charge in [0.15, 0.2) is 9.84 Å². The number of nitrogens with one attached hydrogen (secondary N) is 1. The Kier molecular flexibility index (Phi) is 5.15. The third-order valence-electron chi connectivity index (χ3n) is 5.15. The van der Waals surface area contributed by atoms with Gasteiger partial charge in [-0.1, -0.05) is 20.8 Å². The molecule has 1 aromatic heterocycles. The first kappa shape index (κ1) is 19.3. The topological polar surface area (TPSA) is 95.6 Å². The van der Waals surface area contributed by atoms with Gasteiger partial charge in [-0.15, -0.1) is 0 Å². The molecule has 0 spiro atoms. The van der Waals surface area contributed by atoms with E-state index in [0.717, 1.165) is 11.4 Å². The average molecular weight is 385 g/mol. The highest BCUT2D eigenvalue weighted by Gasteiger charge is 2.47. The molecule has 8 nitrogen and oxygen atoms in total. The largest absolute Gasteiger partial charge is 0.375 e. The molecular formula is C17H28N4O4S. The van der Waals surface area contributed by atoms with Crippen LogP contribution in [0.5, 0.6) is 0 Å². The minimum Gasteiger partial charge on any atom is -0.375 e. The lowest BCUT2D eigenvalue weighted by Gasteiger charge is -2.43. The number of fused-ring (bicyclic) bond motifs is 1. The predicted octanol–water partition coefficient (Wildman–Crippen LogP) is 0.163. The van der Waals surface area contributed by atoms with Gasteiger partial charge in [0, 0.05) is 43.9 Å². The van der Waals surface area contributed by atoms with Crippen molar-refractivity contribution in [2.45, 2.75) is 44.8 Å². The molecule has 0 bridgehead atoms. The molecule has 3 heterocycles. The van der Waals surface area contributed by atoms with E-state index in [1.165, 1.54) is 7.11 Å². The van der Waals surface area contributed by atoms with Gasteiger partial charge in [-0.3, -0.25) is 14.8 Å². The third kappa shape index (κ3) is 3.94. The molecular weight excluding hydrogens is 356 g/mol. The zero-order valence-electron chi connectivity index (χ0n) is 15.9. The van der Waals surface area contributed by atoms with Crippen LogP contribution in [0.4, 0.5) is 0 Å². The monoisotopic (exact) mass is 384 g/mol. The second kappa shape index (κ2) is 6.94. The maximum absolute atomic E-state index is 12.3. The zero-order valence-corrected chi connectivity index (χ0v) is 16.7. The van der Waals surface area contributed by atoms with E-state index in [9.17, 15) is 13.2 Å². The van der Waals surface area contributed by atoms with Crippen LogP contribution in [-0.2, 0) is 31.3 Å². The summed E-state index contributed by atoms with van der Waals surface area (Å²) in [6.07, 6.45) is 0. The van der Waals surface area contributed by atoms with Crippen LogP contribution < -0.4 is 0 Å². The fourth-order valence-corrected chi connectivity index (χ4v) is 5.79. The summed E-state index contributed by atoms with van der Waals surface area (Å²) >= 11 is 0. The van der Waals surface area contributed by atoms with Crippen molar-refractivity contribution in [3.63, 3.8) is 0 Å². The summed E-state index contributed by atoms with van der Waals surface area (Å²) in [6, 6.07) is 1.55. The number of methoxy groups -OCH3 is 1. The summed E-state index contributed by atoms with van der Waals surface area (Å²) in [6.45, 7) is 8.05. The highest BCUT2D eigenvalue weighted by atomic mass is 32.2. The van der Waals surface area contributed by atoms with Crippen molar-refractivity contribution in [1.29, 1.82) is 0 Å². The molecule has 2 saturated heterocycles. The summed E-state index contributed by atoms with van der Waals surface area (Å²) in [5.41, 5.74) is 1.91. The number of sulfone groups is 1. The second-order valence-electron chi connectivity index (χ2n) is 8.23. The fraction of sp³-hybridized carbons (Fsp3) is 0.765. The third-order valence-corrected chi connectivity index (χ3v) is 6.85. The highest BCUT2D eigenvalue weighted by Crippen LogP contribution is 2.29. The zero-order chi connectivity index (χ0) is 19.1. The number of hydrogen-bond acceptors (Lipinski definition) is 6. The minimum atomic E-state index is -3.16. The Morgan fingerprint density at radius 2 is 2.00 bits per heavy atom. The van der Waals surface area contributed by atoms with Crippen molar-refractivity contribution in [2.24, 2.45) is 0 Å². The van der Waals surface area contributed by atoms with E-state index >= 15 is 0 Å². The Hall–Kier alpha value is -1.45. The van der Waals surface area contributed by atoms with Crippen LogP contribution >= 0.6 is 0 Å². The summed E-state index contributed by atoms with van der Waals surface area (Å²) in [4.78, 5) is 16.1. The maximum atomic E-state index is 12.3. The van der Waals surface area contributed by atoms with Gasteiger partial charge in [0.25, 0.3) is 0 Å². The molecule has 0 saturated carbocycles. The number of aromatic nitrogens is 2. The van der Waals surface area contributed by atoms with Gasteiger partial charge in [0.05, 0.1) is 23.2 Å². The van der Waals surface area contributed by atoms with E-state index in [1.54, 1.807) is 4.90 Å². The number of aromatic amines is 1. The molecule has 1 N–H and O–H groups in total. The molecule has 0 unspecified atom stereocenters. The first-order valence-corrected chi connectivity index (χ1v) is 10.7. The Morgan fingerprint density at radius 3 is 2.62 bits per heavy atom. The molecule has 1 aromatic rings. The molecule has 3 rings (SSSR count). The lowest BCUT2D eigenvalue weighted by molar-refractivity contribution is -0.141. The number of H-pyrrole nitrogens is 1. The summed E-state index contributed by atoms with van der Waals surface area (Å²) in [5, 5.41) is 7.46. The molecule has 26 heavy (non-hydrogen) atoms. The average Bonchev–Trinajstić information content (AvgIpc) is 3.10. The van der Waals surface area contributed by atoms with Crippen molar-refractivity contribution in [3.05, 3.63) is 17.5 Å². The van der Waals surface area contributed by atoms with E-state index in [0.29, 0.717) is 19.6 Å². The van der Waals surface area contributed by atoms with Gasteiger partial charge < -0.3 is 9.64 Å². The molecule has 0 aliphatic carbocycles. The number of nitrogens with zero attached hydrogens (tertiary/aromatic N) is 3. The summed E-state index contributed by atoms with van der Waals surface area (Å²) in [5.74, 6) is -0.0232. The Labute approximate surface area is 154 Å². The summed E-state index contributed by atoms with van der Waals surface area (Å²) in [7, 11) is -1.68. The first-order valence-electron chi connectivity index (χ1n) is 8.88. The van der Waals surface area contributed by atoms with Gasteiger partial charge in [-0.05, 0) is 6.07 Å². The lowest BCUT2D eigenvalue weighted by atomic mass is 9.92. The van der Waals surface area contributed by atoms with E-state index < -0.39 is 9.84 Å². The van der Waals surface area contributed by atoms with Gasteiger partial charge >= 0.3 is 0 Å². The van der Waals surface area contributed by atoms with E-state index in [4.69, 9.17) is 4.74 Å². The second-order valence-corrected chi connectivity index (χ2v) is 10.4. The Morgan fingerprint density at radius 1 is 1.31 bits per heavy atom. The molecule has 2 fully saturated rings. The van der Waals surface area contributed by atoms with Crippen molar-refractivity contribution in [3.8, 4) is 0 Å². The highest BCUT2D eigenvalue weighted by molar-refractivity contribution is 7.91. The first-order chi connectivity index (χ1) is 12.1. The predicted molar refractivity (Wildman–Crippen MR) is 97.5 cm³/mol. The maximum Gasteiger partial charge on any atom is 0.248 e. The number of rotatable bonds is 4. The van der Waals surface area contributed by atoms with Crippen LogP contribution in [0.2, 0.25) is 0 Å². The number of hydrogen-bond donors (Lipinski definition) is 1. The molecule has 9 heteroatoms. The molecule has 2 aliphatic rings. The van der Waals surface area contributed by atoms with E-state index in [2.05, 4.69) is 35.9 Å². The molecule has 146 valence electrons. The Balaban J connectivity index is 1.78. The number of carbonyl (C=O) groups excluding carboxylic acids is 1. The van der Waals surface area contributed by atoms with Crippen LogP contribution in [0.1, 0.15) is 32.2 Å². The molecule has 0 radical (unpaired) electrons. The van der Waals surface area contributed by atoms with Crippen LogP contribution in [-0.4, -0.2) is 84.7 Å². The van der Waals surface area contributed by atoms with Crippen LogP contribution in [0.15, 0.2) is 6.07 Å². The van der Waals surface area contributed by atoms with Crippen molar-refractivity contribution in [1.82, 2.24) is 20.0 Å². The molecule has 0 aromatic carbocycles. The number of carbonyl (C=O) groups is 1. The molecule has 2 aliphatic heterocycles. The normalized spacial score (nSPS) is 26.1. The van der Waals surface area contributed by atoms with Gasteiger partial charge in [0.1, 0.15) is 6.61 Å². The van der Waals surface area contributed by atoms with Crippen molar-refractivity contribution < 1.29 is 17.9 Å².